The highest BCUT2D eigenvalue weighted by Crippen LogP contribution is 2.48. The monoisotopic (exact) mass is 246 g/mol. The molecule has 0 radical (unpaired) electrons. The Bertz CT molecular complexity index is 408. The second kappa shape index (κ2) is 5.23. The topological polar surface area (TPSA) is 26.3 Å². The molecule has 2 unspecified atom stereocenters. The van der Waals surface area contributed by atoms with Crippen LogP contribution in [-0.2, 0) is 9.53 Å². The fourth-order valence-corrected chi connectivity index (χ4v) is 2.33. The van der Waals surface area contributed by atoms with Gasteiger partial charge in [0, 0.05) is 19.4 Å². The summed E-state index contributed by atoms with van der Waals surface area (Å²) >= 11 is 0. The number of carbonyl (C=O) groups excluding carboxylic acids is 1. The summed E-state index contributed by atoms with van der Waals surface area (Å²) in [5, 5.41) is 0. The second-order valence-electron chi connectivity index (χ2n) is 5.79. The van der Waals surface area contributed by atoms with Gasteiger partial charge in [0.25, 0.3) is 0 Å². The Balaban J connectivity index is 1.83. The van der Waals surface area contributed by atoms with Crippen molar-refractivity contribution in [3.05, 3.63) is 35.9 Å². The van der Waals surface area contributed by atoms with Gasteiger partial charge in [0.2, 0.25) is 0 Å². The lowest BCUT2D eigenvalue weighted by atomic mass is 9.98. The van der Waals surface area contributed by atoms with E-state index in [1.165, 1.54) is 5.56 Å². The first-order valence-corrected chi connectivity index (χ1v) is 6.66. The Morgan fingerprint density at radius 3 is 2.61 bits per heavy atom. The molecule has 0 aromatic heterocycles. The normalized spacial score (nSPS) is 22.8. The highest BCUT2D eigenvalue weighted by Gasteiger charge is 2.43. The van der Waals surface area contributed by atoms with Crippen molar-refractivity contribution in [2.45, 2.75) is 44.6 Å². The van der Waals surface area contributed by atoms with Gasteiger partial charge in [-0.25, -0.2) is 0 Å². The van der Waals surface area contributed by atoms with E-state index in [4.69, 9.17) is 4.74 Å². The molecule has 18 heavy (non-hydrogen) atoms. The van der Waals surface area contributed by atoms with Crippen molar-refractivity contribution in [2.75, 3.05) is 7.11 Å². The SMILES string of the molecule is COC(C)(C)CCC(=O)C1CC1c1ccccc1. The van der Waals surface area contributed by atoms with Gasteiger partial charge in [-0.1, -0.05) is 30.3 Å². The molecule has 2 heteroatoms. The molecule has 1 aliphatic rings. The van der Waals surface area contributed by atoms with Crippen LogP contribution in [0.25, 0.3) is 0 Å². The summed E-state index contributed by atoms with van der Waals surface area (Å²) in [4.78, 5) is 12.1. The number of methoxy groups -OCH3 is 1. The Hall–Kier alpha value is -1.15. The maximum Gasteiger partial charge on any atom is 0.136 e. The summed E-state index contributed by atoms with van der Waals surface area (Å²) in [6.07, 6.45) is 2.46. The van der Waals surface area contributed by atoms with Crippen molar-refractivity contribution in [3.8, 4) is 0 Å². The Morgan fingerprint density at radius 1 is 1.33 bits per heavy atom. The van der Waals surface area contributed by atoms with Crippen LogP contribution in [0, 0.1) is 5.92 Å². The van der Waals surface area contributed by atoms with E-state index in [1.807, 2.05) is 32.0 Å². The van der Waals surface area contributed by atoms with Crippen molar-refractivity contribution in [3.63, 3.8) is 0 Å². The summed E-state index contributed by atoms with van der Waals surface area (Å²) in [6, 6.07) is 10.4. The van der Waals surface area contributed by atoms with E-state index >= 15 is 0 Å². The van der Waals surface area contributed by atoms with Crippen LogP contribution in [0.3, 0.4) is 0 Å². The molecule has 1 saturated carbocycles. The van der Waals surface area contributed by atoms with Crippen molar-refractivity contribution in [1.82, 2.24) is 0 Å². The average Bonchev–Trinajstić information content (AvgIpc) is 3.17. The molecule has 0 spiro atoms. The van der Waals surface area contributed by atoms with Crippen LogP contribution in [0.2, 0.25) is 0 Å². The second-order valence-corrected chi connectivity index (χ2v) is 5.79. The third kappa shape index (κ3) is 3.20. The smallest absolute Gasteiger partial charge is 0.136 e. The van der Waals surface area contributed by atoms with Crippen LogP contribution in [0.1, 0.15) is 44.6 Å². The van der Waals surface area contributed by atoms with Crippen LogP contribution >= 0.6 is 0 Å². The molecule has 0 saturated heterocycles. The van der Waals surface area contributed by atoms with E-state index in [-0.39, 0.29) is 11.5 Å². The van der Waals surface area contributed by atoms with Crippen LogP contribution in [-0.4, -0.2) is 18.5 Å². The zero-order chi connectivity index (χ0) is 13.2. The Morgan fingerprint density at radius 2 is 2.00 bits per heavy atom. The summed E-state index contributed by atoms with van der Waals surface area (Å²) in [5.74, 6) is 1.11. The predicted octanol–water partition coefficient (Wildman–Crippen LogP) is 3.56. The molecule has 0 heterocycles. The molecule has 2 rings (SSSR count). The number of rotatable bonds is 6. The number of Topliss-reactive ketones (excluding diaryl/α,β-unsaturated/α-hetero) is 1. The van der Waals surface area contributed by atoms with Gasteiger partial charge in [0.15, 0.2) is 0 Å². The largest absolute Gasteiger partial charge is 0.379 e. The van der Waals surface area contributed by atoms with Gasteiger partial charge >= 0.3 is 0 Å². The van der Waals surface area contributed by atoms with Crippen LogP contribution in [0.15, 0.2) is 30.3 Å². The molecule has 0 aliphatic heterocycles. The van der Waals surface area contributed by atoms with E-state index < -0.39 is 0 Å². The van der Waals surface area contributed by atoms with Crippen LogP contribution in [0.5, 0.6) is 0 Å². The maximum absolute atomic E-state index is 12.1. The molecule has 1 aromatic rings. The molecule has 98 valence electrons. The fraction of sp³-hybridized carbons (Fsp3) is 0.562. The van der Waals surface area contributed by atoms with E-state index in [1.54, 1.807) is 7.11 Å². The van der Waals surface area contributed by atoms with Gasteiger partial charge in [-0.2, -0.15) is 0 Å². The minimum atomic E-state index is -0.188. The quantitative estimate of drug-likeness (QED) is 0.767. The molecule has 1 fully saturated rings. The summed E-state index contributed by atoms with van der Waals surface area (Å²) in [7, 11) is 1.70. The van der Waals surface area contributed by atoms with Crippen molar-refractivity contribution in [2.24, 2.45) is 5.92 Å². The molecule has 0 bridgehead atoms. The summed E-state index contributed by atoms with van der Waals surface area (Å²) < 4.78 is 5.35. The van der Waals surface area contributed by atoms with Gasteiger partial charge in [-0.15, -0.1) is 0 Å². The minimum Gasteiger partial charge on any atom is -0.379 e. The van der Waals surface area contributed by atoms with Gasteiger partial charge in [0.05, 0.1) is 5.60 Å². The lowest BCUT2D eigenvalue weighted by Crippen LogP contribution is -2.23. The number of carbonyl (C=O) groups is 1. The third-order valence-electron chi connectivity index (χ3n) is 3.96. The lowest BCUT2D eigenvalue weighted by Gasteiger charge is -2.22. The first-order valence-electron chi connectivity index (χ1n) is 6.66. The zero-order valence-electron chi connectivity index (χ0n) is 11.5. The van der Waals surface area contributed by atoms with Crippen LogP contribution in [0.4, 0.5) is 0 Å². The molecule has 2 atom stereocenters. The van der Waals surface area contributed by atoms with Crippen molar-refractivity contribution in [1.29, 1.82) is 0 Å². The standard InChI is InChI=1S/C16H22O2/c1-16(2,18-3)10-9-15(17)14-11-13(14)12-7-5-4-6-8-12/h4-8,13-14H,9-11H2,1-3H3. The predicted molar refractivity (Wildman–Crippen MR) is 72.6 cm³/mol. The number of ketones is 1. The van der Waals surface area contributed by atoms with Crippen molar-refractivity contribution < 1.29 is 9.53 Å². The number of hydrogen-bond donors (Lipinski definition) is 0. The highest BCUT2D eigenvalue weighted by atomic mass is 16.5. The van der Waals surface area contributed by atoms with E-state index in [0.29, 0.717) is 18.1 Å². The van der Waals surface area contributed by atoms with E-state index in [0.717, 1.165) is 12.8 Å². The van der Waals surface area contributed by atoms with Crippen LogP contribution < -0.4 is 0 Å². The fourth-order valence-electron chi connectivity index (χ4n) is 2.33. The number of benzene rings is 1. The minimum absolute atomic E-state index is 0.188. The summed E-state index contributed by atoms with van der Waals surface area (Å²) in [6.45, 7) is 4.06. The highest BCUT2D eigenvalue weighted by molar-refractivity contribution is 5.85. The van der Waals surface area contributed by atoms with E-state index in [9.17, 15) is 4.79 Å². The molecule has 0 amide bonds. The summed E-state index contributed by atoms with van der Waals surface area (Å²) in [5.41, 5.74) is 1.12. The van der Waals surface area contributed by atoms with Gasteiger partial charge in [0.1, 0.15) is 5.78 Å². The number of hydrogen-bond acceptors (Lipinski definition) is 2. The molecular weight excluding hydrogens is 224 g/mol. The van der Waals surface area contributed by atoms with Gasteiger partial charge in [-0.05, 0) is 38.2 Å². The zero-order valence-corrected chi connectivity index (χ0v) is 11.5. The Labute approximate surface area is 109 Å². The molecule has 1 aliphatic carbocycles. The van der Waals surface area contributed by atoms with Gasteiger partial charge in [-0.3, -0.25) is 4.79 Å². The van der Waals surface area contributed by atoms with E-state index in [2.05, 4.69) is 12.1 Å². The molecular formula is C16H22O2. The first kappa shape index (κ1) is 13.3. The lowest BCUT2D eigenvalue weighted by molar-refractivity contribution is -0.121. The number of ether oxygens (including phenoxy) is 1. The third-order valence-corrected chi connectivity index (χ3v) is 3.96. The van der Waals surface area contributed by atoms with Gasteiger partial charge < -0.3 is 4.74 Å². The first-order chi connectivity index (χ1) is 8.53. The molecule has 2 nitrogen and oxygen atoms in total. The molecule has 0 N–H and O–H groups in total. The Kier molecular flexibility index (Phi) is 3.86. The molecule has 1 aromatic carbocycles. The van der Waals surface area contributed by atoms with Crippen molar-refractivity contribution >= 4 is 5.78 Å². The average molecular weight is 246 g/mol. The maximum atomic E-state index is 12.1.